The summed E-state index contributed by atoms with van der Waals surface area (Å²) >= 11 is 11.5. The summed E-state index contributed by atoms with van der Waals surface area (Å²) in [4.78, 5) is 10.8. The number of ether oxygens (including phenoxy) is 1. The van der Waals surface area contributed by atoms with E-state index in [9.17, 15) is 4.79 Å². The van der Waals surface area contributed by atoms with Gasteiger partial charge in [0.05, 0.1) is 5.02 Å². The van der Waals surface area contributed by atoms with Gasteiger partial charge in [0.1, 0.15) is 5.75 Å². The van der Waals surface area contributed by atoms with E-state index >= 15 is 0 Å². The van der Waals surface area contributed by atoms with Crippen LogP contribution in [0, 0.1) is 0 Å². The zero-order chi connectivity index (χ0) is 12.1. The van der Waals surface area contributed by atoms with E-state index in [2.05, 4.69) is 0 Å². The third-order valence-electron chi connectivity index (χ3n) is 1.83. The van der Waals surface area contributed by atoms with Crippen LogP contribution in [-0.4, -0.2) is 28.9 Å². The van der Waals surface area contributed by atoms with Crippen molar-refractivity contribution in [1.82, 2.24) is 0 Å². The summed E-state index contributed by atoms with van der Waals surface area (Å²) in [5.41, 5.74) is 0. The highest BCUT2D eigenvalue weighted by molar-refractivity contribution is 6.35. The van der Waals surface area contributed by atoms with Gasteiger partial charge in [-0.2, -0.15) is 0 Å². The molecule has 4 nitrogen and oxygen atoms in total. The monoisotopic (exact) mass is 264 g/mol. The number of hydrogen-bond acceptors (Lipinski definition) is 3. The van der Waals surface area contributed by atoms with Crippen LogP contribution in [0.15, 0.2) is 18.2 Å². The Morgan fingerprint density at radius 1 is 1.44 bits per heavy atom. The Hall–Kier alpha value is -0.970. The van der Waals surface area contributed by atoms with Gasteiger partial charge in [0.2, 0.25) is 0 Å². The first-order valence-electron chi connectivity index (χ1n) is 4.50. The average molecular weight is 265 g/mol. The number of carboxylic acid groups (broad SMARTS) is 1. The van der Waals surface area contributed by atoms with E-state index in [-0.39, 0.29) is 23.8 Å². The molecule has 0 radical (unpaired) electrons. The molecule has 0 saturated heterocycles. The molecule has 0 bridgehead atoms. The van der Waals surface area contributed by atoms with Crippen LogP contribution in [-0.2, 0) is 4.79 Å². The minimum Gasteiger partial charge on any atom is -0.479 e. The van der Waals surface area contributed by atoms with Crippen LogP contribution in [0.25, 0.3) is 0 Å². The lowest BCUT2D eigenvalue weighted by Gasteiger charge is -2.14. The Balaban J connectivity index is 2.81. The molecule has 0 spiro atoms. The van der Waals surface area contributed by atoms with Gasteiger partial charge in [0, 0.05) is 18.1 Å². The first-order valence-corrected chi connectivity index (χ1v) is 5.25. The largest absolute Gasteiger partial charge is 0.479 e. The van der Waals surface area contributed by atoms with Crippen molar-refractivity contribution < 1.29 is 19.7 Å². The second-order valence-corrected chi connectivity index (χ2v) is 3.88. The molecule has 2 N–H and O–H groups in total. The first-order chi connectivity index (χ1) is 7.54. The molecule has 0 aromatic heterocycles. The minimum absolute atomic E-state index is 0.00567. The van der Waals surface area contributed by atoms with Gasteiger partial charge in [0.25, 0.3) is 0 Å². The Morgan fingerprint density at radius 3 is 2.62 bits per heavy atom. The normalized spacial score (nSPS) is 12.2. The molecule has 1 rings (SSSR count). The maximum Gasteiger partial charge on any atom is 0.344 e. The average Bonchev–Trinajstić information content (AvgIpc) is 2.20. The van der Waals surface area contributed by atoms with E-state index in [1.54, 1.807) is 6.07 Å². The highest BCUT2D eigenvalue weighted by atomic mass is 35.5. The molecule has 6 heteroatoms. The van der Waals surface area contributed by atoms with Crippen molar-refractivity contribution in [1.29, 1.82) is 0 Å². The Morgan fingerprint density at radius 2 is 2.12 bits per heavy atom. The van der Waals surface area contributed by atoms with Gasteiger partial charge in [0.15, 0.2) is 6.10 Å². The number of aliphatic carboxylic acids is 1. The van der Waals surface area contributed by atoms with E-state index in [0.717, 1.165) is 0 Å². The molecule has 88 valence electrons. The summed E-state index contributed by atoms with van der Waals surface area (Å²) in [5.74, 6) is -0.924. The van der Waals surface area contributed by atoms with Gasteiger partial charge >= 0.3 is 5.97 Å². The SMILES string of the molecule is O=C(O)C(CCO)Oc1ccc(Cl)cc1Cl. The Labute approximate surface area is 102 Å². The van der Waals surface area contributed by atoms with Crippen molar-refractivity contribution in [2.75, 3.05) is 6.61 Å². The number of halogens is 2. The van der Waals surface area contributed by atoms with Gasteiger partial charge in [-0.1, -0.05) is 23.2 Å². The van der Waals surface area contributed by atoms with Crippen molar-refractivity contribution in [2.24, 2.45) is 0 Å². The molecular weight excluding hydrogens is 255 g/mol. The zero-order valence-corrected chi connectivity index (χ0v) is 9.70. The van der Waals surface area contributed by atoms with E-state index in [1.165, 1.54) is 12.1 Å². The Kier molecular flexibility index (Phi) is 4.86. The number of aliphatic hydroxyl groups excluding tert-OH is 1. The van der Waals surface area contributed by atoms with E-state index in [4.69, 9.17) is 38.2 Å². The third kappa shape index (κ3) is 3.56. The standard InChI is InChI=1S/C10H10Cl2O4/c11-6-1-2-8(7(12)5-6)16-9(3-4-13)10(14)15/h1-2,5,9,13H,3-4H2,(H,14,15). The highest BCUT2D eigenvalue weighted by Gasteiger charge is 2.19. The van der Waals surface area contributed by atoms with Gasteiger partial charge in [-0.25, -0.2) is 4.79 Å². The molecule has 1 aromatic carbocycles. The van der Waals surface area contributed by atoms with Crippen LogP contribution in [0.3, 0.4) is 0 Å². The lowest BCUT2D eigenvalue weighted by Crippen LogP contribution is -2.28. The Bertz CT molecular complexity index is 381. The number of carboxylic acids is 1. The van der Waals surface area contributed by atoms with Crippen molar-refractivity contribution in [3.63, 3.8) is 0 Å². The summed E-state index contributed by atoms with van der Waals surface area (Å²) in [6.07, 6.45) is -1.13. The van der Waals surface area contributed by atoms with Gasteiger partial charge in [-0.15, -0.1) is 0 Å². The molecule has 0 fully saturated rings. The summed E-state index contributed by atoms with van der Waals surface area (Å²) in [6, 6.07) is 4.48. The number of carbonyl (C=O) groups is 1. The highest BCUT2D eigenvalue weighted by Crippen LogP contribution is 2.28. The number of rotatable bonds is 5. The second kappa shape index (κ2) is 5.94. The third-order valence-corrected chi connectivity index (χ3v) is 2.36. The molecule has 0 amide bonds. The van der Waals surface area contributed by atoms with E-state index < -0.39 is 12.1 Å². The molecule has 0 aliphatic rings. The quantitative estimate of drug-likeness (QED) is 0.856. The van der Waals surface area contributed by atoms with Crippen LogP contribution < -0.4 is 4.74 Å². The van der Waals surface area contributed by atoms with Gasteiger partial charge < -0.3 is 14.9 Å². The number of aliphatic hydroxyl groups is 1. The fourth-order valence-electron chi connectivity index (χ4n) is 1.07. The summed E-state index contributed by atoms with van der Waals surface area (Å²) in [5, 5.41) is 18.2. The topological polar surface area (TPSA) is 66.8 Å². The molecule has 1 aromatic rings. The fraction of sp³-hybridized carbons (Fsp3) is 0.300. The van der Waals surface area contributed by atoms with Gasteiger partial charge in [-0.3, -0.25) is 0 Å². The molecule has 0 saturated carbocycles. The maximum atomic E-state index is 10.8. The molecular formula is C10H10Cl2O4. The maximum absolute atomic E-state index is 10.8. The smallest absolute Gasteiger partial charge is 0.344 e. The molecule has 0 heterocycles. The lowest BCUT2D eigenvalue weighted by atomic mass is 10.2. The van der Waals surface area contributed by atoms with Crippen molar-refractivity contribution >= 4 is 29.2 Å². The summed E-state index contributed by atoms with van der Waals surface area (Å²) in [6.45, 7) is -0.276. The zero-order valence-electron chi connectivity index (χ0n) is 8.19. The lowest BCUT2D eigenvalue weighted by molar-refractivity contribution is -0.145. The molecule has 0 aliphatic carbocycles. The minimum atomic E-state index is -1.15. The van der Waals surface area contributed by atoms with Crippen LogP contribution in [0.4, 0.5) is 0 Å². The van der Waals surface area contributed by atoms with Crippen molar-refractivity contribution in [2.45, 2.75) is 12.5 Å². The summed E-state index contributed by atoms with van der Waals surface area (Å²) in [7, 11) is 0. The van der Waals surface area contributed by atoms with E-state index in [0.29, 0.717) is 5.02 Å². The van der Waals surface area contributed by atoms with E-state index in [1.807, 2.05) is 0 Å². The predicted molar refractivity (Wildman–Crippen MR) is 60.2 cm³/mol. The number of benzene rings is 1. The molecule has 0 aliphatic heterocycles. The van der Waals surface area contributed by atoms with Crippen molar-refractivity contribution in [3.05, 3.63) is 28.2 Å². The summed E-state index contributed by atoms with van der Waals surface area (Å²) < 4.78 is 5.15. The van der Waals surface area contributed by atoms with Crippen LogP contribution in [0.5, 0.6) is 5.75 Å². The molecule has 1 atom stereocenters. The first kappa shape index (κ1) is 13.1. The number of hydrogen-bond donors (Lipinski definition) is 2. The van der Waals surface area contributed by atoms with Gasteiger partial charge in [-0.05, 0) is 18.2 Å². The van der Waals surface area contributed by atoms with Crippen LogP contribution in [0.1, 0.15) is 6.42 Å². The molecule has 16 heavy (non-hydrogen) atoms. The van der Waals surface area contributed by atoms with Crippen LogP contribution in [0.2, 0.25) is 10.0 Å². The second-order valence-electron chi connectivity index (χ2n) is 3.03. The molecule has 1 unspecified atom stereocenters. The van der Waals surface area contributed by atoms with Crippen molar-refractivity contribution in [3.8, 4) is 5.75 Å². The fourth-order valence-corrected chi connectivity index (χ4v) is 1.53. The predicted octanol–water partition coefficient (Wildman–Crippen LogP) is 2.21. The van der Waals surface area contributed by atoms with Crippen LogP contribution >= 0.6 is 23.2 Å².